The van der Waals surface area contributed by atoms with Crippen LogP contribution in [0.2, 0.25) is 0 Å². The lowest BCUT2D eigenvalue weighted by Gasteiger charge is -2.16. The van der Waals surface area contributed by atoms with E-state index in [1.54, 1.807) is 20.2 Å². The van der Waals surface area contributed by atoms with Gasteiger partial charge in [-0.3, -0.25) is 4.99 Å². The van der Waals surface area contributed by atoms with Gasteiger partial charge < -0.3 is 24.8 Å². The van der Waals surface area contributed by atoms with Gasteiger partial charge in [-0.1, -0.05) is 18.2 Å². The summed E-state index contributed by atoms with van der Waals surface area (Å²) in [6.07, 6.45) is 0. The van der Waals surface area contributed by atoms with Crippen molar-refractivity contribution >= 4 is 29.9 Å². The fourth-order valence-corrected chi connectivity index (χ4v) is 2.69. The second-order valence-electron chi connectivity index (χ2n) is 6.43. The first-order valence-electron chi connectivity index (χ1n) is 9.64. The fraction of sp³-hybridized carbons (Fsp3) is 0.409. The summed E-state index contributed by atoms with van der Waals surface area (Å²) in [6, 6.07) is 11.0. The summed E-state index contributed by atoms with van der Waals surface area (Å²) in [5, 5.41) is 6.45. The molecule has 0 saturated carbocycles. The normalized spacial score (nSPS) is 10.9. The molecule has 2 rings (SSSR count). The number of aryl methyl sites for hydroxylation is 1. The molecule has 0 spiro atoms. The van der Waals surface area contributed by atoms with E-state index in [-0.39, 0.29) is 35.5 Å². The first-order valence-corrected chi connectivity index (χ1v) is 9.64. The molecule has 2 aromatic rings. The average Bonchev–Trinajstić information content (AvgIpc) is 2.71. The van der Waals surface area contributed by atoms with Crippen LogP contribution in [0.3, 0.4) is 0 Å². The maximum absolute atomic E-state index is 14.0. The van der Waals surface area contributed by atoms with Crippen LogP contribution in [0.15, 0.2) is 41.4 Å². The SMILES string of the molecule is CCOc1ccc(CNC(=NC)NCc2ccc(C)cc2OCCOC)cc1F.I. The van der Waals surface area contributed by atoms with Crippen LogP contribution in [-0.2, 0) is 17.8 Å². The van der Waals surface area contributed by atoms with Crippen molar-refractivity contribution in [3.63, 3.8) is 0 Å². The van der Waals surface area contributed by atoms with Gasteiger partial charge in [0.1, 0.15) is 12.4 Å². The smallest absolute Gasteiger partial charge is 0.191 e. The predicted octanol–water partition coefficient (Wildman–Crippen LogP) is 4.04. The molecule has 0 bridgehead atoms. The maximum Gasteiger partial charge on any atom is 0.191 e. The van der Waals surface area contributed by atoms with Crippen LogP contribution in [0.25, 0.3) is 0 Å². The van der Waals surface area contributed by atoms with Crippen LogP contribution in [0, 0.1) is 12.7 Å². The molecule has 8 heteroatoms. The van der Waals surface area contributed by atoms with Gasteiger partial charge in [-0.15, -0.1) is 24.0 Å². The van der Waals surface area contributed by atoms with Crippen LogP contribution >= 0.6 is 24.0 Å². The molecule has 6 nitrogen and oxygen atoms in total. The van der Waals surface area contributed by atoms with E-state index in [4.69, 9.17) is 14.2 Å². The zero-order chi connectivity index (χ0) is 21.1. The van der Waals surface area contributed by atoms with E-state index in [2.05, 4.69) is 15.6 Å². The van der Waals surface area contributed by atoms with Crippen LogP contribution in [0.5, 0.6) is 11.5 Å². The third-order valence-electron chi connectivity index (χ3n) is 4.19. The van der Waals surface area contributed by atoms with Gasteiger partial charge in [0.25, 0.3) is 0 Å². The Morgan fingerprint density at radius 3 is 2.43 bits per heavy atom. The number of hydrogen-bond donors (Lipinski definition) is 2. The van der Waals surface area contributed by atoms with E-state index in [1.807, 2.05) is 38.1 Å². The van der Waals surface area contributed by atoms with Crippen molar-refractivity contribution in [2.45, 2.75) is 26.9 Å². The van der Waals surface area contributed by atoms with Crippen molar-refractivity contribution in [2.24, 2.45) is 4.99 Å². The third kappa shape index (κ3) is 8.35. The molecular formula is C22H31FIN3O3. The summed E-state index contributed by atoms with van der Waals surface area (Å²) >= 11 is 0. The van der Waals surface area contributed by atoms with Gasteiger partial charge in [-0.05, 0) is 43.2 Å². The Labute approximate surface area is 195 Å². The first kappa shape index (κ1) is 26.0. The molecule has 0 heterocycles. The number of aliphatic imine (C=N–C) groups is 1. The summed E-state index contributed by atoms with van der Waals surface area (Å²) in [5.74, 6) is 1.33. The Morgan fingerprint density at radius 2 is 1.77 bits per heavy atom. The van der Waals surface area contributed by atoms with Crippen molar-refractivity contribution in [1.82, 2.24) is 10.6 Å². The number of hydrogen-bond acceptors (Lipinski definition) is 4. The summed E-state index contributed by atoms with van der Waals surface area (Å²) in [5.41, 5.74) is 2.94. The highest BCUT2D eigenvalue weighted by Crippen LogP contribution is 2.20. The fourth-order valence-electron chi connectivity index (χ4n) is 2.69. The Morgan fingerprint density at radius 1 is 1.00 bits per heavy atom. The van der Waals surface area contributed by atoms with E-state index in [1.165, 1.54) is 6.07 Å². The minimum Gasteiger partial charge on any atom is -0.491 e. The largest absolute Gasteiger partial charge is 0.491 e. The summed E-state index contributed by atoms with van der Waals surface area (Å²) in [4.78, 5) is 4.23. The number of guanidine groups is 1. The number of methoxy groups -OCH3 is 1. The molecule has 0 aliphatic carbocycles. The molecule has 0 atom stereocenters. The molecule has 0 aliphatic heterocycles. The molecule has 0 fully saturated rings. The number of halogens is 2. The quantitative estimate of drug-likeness (QED) is 0.210. The first-order chi connectivity index (χ1) is 14.1. The highest BCUT2D eigenvalue weighted by Gasteiger charge is 2.08. The lowest BCUT2D eigenvalue weighted by Crippen LogP contribution is -2.36. The summed E-state index contributed by atoms with van der Waals surface area (Å²) in [7, 11) is 3.34. The third-order valence-corrected chi connectivity index (χ3v) is 4.19. The van der Waals surface area contributed by atoms with Crippen molar-refractivity contribution in [3.8, 4) is 11.5 Å². The summed E-state index contributed by atoms with van der Waals surface area (Å²) in [6.45, 7) is 6.28. The van der Waals surface area contributed by atoms with Gasteiger partial charge in [0.05, 0.1) is 13.2 Å². The Hall–Kier alpha value is -2.07. The van der Waals surface area contributed by atoms with Crippen LogP contribution < -0.4 is 20.1 Å². The van der Waals surface area contributed by atoms with E-state index in [0.29, 0.717) is 38.9 Å². The topological polar surface area (TPSA) is 64.1 Å². The zero-order valence-corrected chi connectivity index (χ0v) is 20.3. The van der Waals surface area contributed by atoms with Crippen LogP contribution in [-0.4, -0.2) is 39.9 Å². The zero-order valence-electron chi connectivity index (χ0n) is 18.0. The van der Waals surface area contributed by atoms with E-state index in [9.17, 15) is 4.39 Å². The molecular weight excluding hydrogens is 500 g/mol. The van der Waals surface area contributed by atoms with Crippen molar-refractivity contribution in [3.05, 3.63) is 58.9 Å². The monoisotopic (exact) mass is 531 g/mol. The lowest BCUT2D eigenvalue weighted by atomic mass is 10.1. The minimum atomic E-state index is -0.369. The molecule has 0 amide bonds. The number of ether oxygens (including phenoxy) is 3. The van der Waals surface area contributed by atoms with Gasteiger partial charge >= 0.3 is 0 Å². The Kier molecular flexibility index (Phi) is 12.1. The van der Waals surface area contributed by atoms with Crippen molar-refractivity contribution in [1.29, 1.82) is 0 Å². The summed E-state index contributed by atoms with van der Waals surface area (Å²) < 4.78 is 30.1. The molecule has 166 valence electrons. The average molecular weight is 531 g/mol. The van der Waals surface area contributed by atoms with E-state index in [0.717, 1.165) is 22.4 Å². The maximum atomic E-state index is 14.0. The molecule has 0 radical (unpaired) electrons. The van der Waals surface area contributed by atoms with Crippen LogP contribution in [0.1, 0.15) is 23.6 Å². The number of nitrogens with zero attached hydrogens (tertiary/aromatic N) is 1. The van der Waals surface area contributed by atoms with Gasteiger partial charge in [-0.25, -0.2) is 4.39 Å². The second-order valence-corrected chi connectivity index (χ2v) is 6.43. The highest BCUT2D eigenvalue weighted by atomic mass is 127. The molecule has 2 aromatic carbocycles. The molecule has 0 unspecified atom stereocenters. The van der Waals surface area contributed by atoms with Crippen molar-refractivity contribution < 1.29 is 18.6 Å². The molecule has 0 aromatic heterocycles. The minimum absolute atomic E-state index is 0. The van der Waals surface area contributed by atoms with E-state index >= 15 is 0 Å². The Balaban J connectivity index is 0.00000450. The van der Waals surface area contributed by atoms with Gasteiger partial charge in [0.2, 0.25) is 0 Å². The molecule has 2 N–H and O–H groups in total. The second kappa shape index (κ2) is 14.0. The number of rotatable bonds is 10. The molecule has 0 saturated heterocycles. The predicted molar refractivity (Wildman–Crippen MR) is 129 cm³/mol. The van der Waals surface area contributed by atoms with Crippen molar-refractivity contribution in [2.75, 3.05) is 34.0 Å². The van der Waals surface area contributed by atoms with Gasteiger partial charge in [0, 0.05) is 32.8 Å². The van der Waals surface area contributed by atoms with Gasteiger partial charge in [-0.2, -0.15) is 0 Å². The van der Waals surface area contributed by atoms with Gasteiger partial charge in [0.15, 0.2) is 17.5 Å². The number of benzene rings is 2. The Bertz CT molecular complexity index is 818. The standard InChI is InChI=1S/C22H30FN3O3.HI/c1-5-28-20-9-7-17(13-19(20)23)14-25-22(24-3)26-15-18-8-6-16(2)12-21(18)29-11-10-27-4;/h6-9,12-13H,5,10-11,14-15H2,1-4H3,(H2,24,25,26);1H. The van der Waals surface area contributed by atoms with Crippen LogP contribution in [0.4, 0.5) is 4.39 Å². The molecule has 0 aliphatic rings. The van der Waals surface area contributed by atoms with E-state index < -0.39 is 0 Å². The highest BCUT2D eigenvalue weighted by molar-refractivity contribution is 14.0. The molecule has 30 heavy (non-hydrogen) atoms. The lowest BCUT2D eigenvalue weighted by molar-refractivity contribution is 0.145. The number of nitrogens with one attached hydrogen (secondary N) is 2.